The van der Waals surface area contributed by atoms with Crippen molar-refractivity contribution in [2.24, 2.45) is 7.05 Å². The maximum Gasteiger partial charge on any atom is 0.222 e. The van der Waals surface area contributed by atoms with E-state index in [0.29, 0.717) is 40.3 Å². The largest absolute Gasteiger partial charge is 0.322 e. The van der Waals surface area contributed by atoms with Crippen LogP contribution in [-0.2, 0) is 21.7 Å². The summed E-state index contributed by atoms with van der Waals surface area (Å²) in [5, 5.41) is 10.4. The Hall–Kier alpha value is -4.58. The summed E-state index contributed by atoms with van der Waals surface area (Å²) in [6, 6.07) is 14.0. The van der Waals surface area contributed by atoms with Gasteiger partial charge in [0.05, 0.1) is 10.6 Å². The summed E-state index contributed by atoms with van der Waals surface area (Å²) in [7, 11) is -1.54. The fourth-order valence-corrected chi connectivity index (χ4v) is 4.66. The summed E-state index contributed by atoms with van der Waals surface area (Å²) in [4.78, 5) is 25.6. The summed E-state index contributed by atoms with van der Waals surface area (Å²) < 4.78 is 27.8. The predicted molar refractivity (Wildman–Crippen MR) is 140 cm³/mol. The first-order chi connectivity index (χ1) is 17.6. The summed E-state index contributed by atoms with van der Waals surface area (Å²) >= 11 is 0. The number of hydrogen-bond donors (Lipinski definition) is 2. The molecule has 5 aromatic rings. The van der Waals surface area contributed by atoms with Crippen molar-refractivity contribution in [3.05, 3.63) is 66.7 Å². The van der Waals surface area contributed by atoms with Gasteiger partial charge in [0.15, 0.2) is 21.5 Å². The topological polar surface area (TPSA) is 136 Å². The van der Waals surface area contributed by atoms with Crippen LogP contribution in [0.1, 0.15) is 12.7 Å². The van der Waals surface area contributed by atoms with Gasteiger partial charge in [-0.1, -0.05) is 12.1 Å². The molecule has 0 saturated carbocycles. The van der Waals surface area contributed by atoms with Gasteiger partial charge in [-0.25, -0.2) is 23.4 Å². The van der Waals surface area contributed by atoms with Gasteiger partial charge >= 0.3 is 0 Å². The minimum absolute atomic E-state index is 0.236. The number of aryl methyl sites for hydroxylation is 2. The summed E-state index contributed by atoms with van der Waals surface area (Å²) in [5.41, 5.74) is 3.31. The van der Waals surface area contributed by atoms with Gasteiger partial charge in [0.1, 0.15) is 23.0 Å². The molecule has 0 unspecified atom stereocenters. The molecule has 0 aliphatic rings. The molecule has 4 heterocycles. The second kappa shape index (κ2) is 9.13. The lowest BCUT2D eigenvalue weighted by Crippen LogP contribution is -2.09. The van der Waals surface area contributed by atoms with Crippen LogP contribution in [0.15, 0.2) is 65.8 Å². The lowest BCUT2D eigenvalue weighted by atomic mass is 10.1. The Morgan fingerprint density at radius 2 is 1.78 bits per heavy atom. The van der Waals surface area contributed by atoms with Gasteiger partial charge in [0.2, 0.25) is 5.91 Å². The van der Waals surface area contributed by atoms with Crippen LogP contribution in [-0.4, -0.2) is 49.7 Å². The quantitative estimate of drug-likeness (QED) is 0.349. The molecule has 0 aliphatic heterocycles. The summed E-state index contributed by atoms with van der Waals surface area (Å²) in [6.45, 7) is 3.16. The summed E-state index contributed by atoms with van der Waals surface area (Å²) in [5.74, 6) is 1.69. The van der Waals surface area contributed by atoms with E-state index in [-0.39, 0.29) is 10.8 Å². The van der Waals surface area contributed by atoms with Crippen molar-refractivity contribution in [1.82, 2.24) is 29.1 Å². The molecule has 0 atom stereocenters. The fourth-order valence-electron chi connectivity index (χ4n) is 3.99. The zero-order valence-corrected chi connectivity index (χ0v) is 21.4. The molecular formula is C25H24N8O3S. The number of sulfone groups is 1. The maximum absolute atomic E-state index is 12.1. The Morgan fingerprint density at radius 1 is 0.973 bits per heavy atom. The number of anilines is 3. The highest BCUT2D eigenvalue weighted by atomic mass is 32.2. The van der Waals surface area contributed by atoms with Crippen molar-refractivity contribution in [3.8, 4) is 22.5 Å². The monoisotopic (exact) mass is 516 g/mol. The van der Waals surface area contributed by atoms with Crippen LogP contribution in [0, 0.1) is 6.92 Å². The number of imidazole rings is 1. The zero-order chi connectivity index (χ0) is 26.3. The average Bonchev–Trinajstić information content (AvgIpc) is 3.39. The molecule has 2 N–H and O–H groups in total. The average molecular weight is 517 g/mol. The lowest BCUT2D eigenvalue weighted by Gasteiger charge is -2.10. The first-order valence-corrected chi connectivity index (χ1v) is 13.2. The van der Waals surface area contributed by atoms with Gasteiger partial charge < -0.3 is 10.6 Å². The van der Waals surface area contributed by atoms with Crippen LogP contribution in [0.25, 0.3) is 28.2 Å². The molecule has 1 aromatic carbocycles. The van der Waals surface area contributed by atoms with Crippen molar-refractivity contribution < 1.29 is 13.2 Å². The number of rotatable bonds is 6. The van der Waals surface area contributed by atoms with Crippen molar-refractivity contribution in [3.63, 3.8) is 0 Å². The first-order valence-electron chi connectivity index (χ1n) is 11.3. The predicted octanol–water partition coefficient (Wildman–Crippen LogP) is 3.61. The fraction of sp³-hybridized carbons (Fsp3) is 0.160. The van der Waals surface area contributed by atoms with E-state index in [1.807, 2.05) is 48.1 Å². The van der Waals surface area contributed by atoms with E-state index in [9.17, 15) is 13.2 Å². The smallest absolute Gasteiger partial charge is 0.222 e. The molecule has 0 bridgehead atoms. The van der Waals surface area contributed by atoms with E-state index in [1.165, 1.54) is 13.2 Å². The Balaban J connectivity index is 1.72. The molecule has 1 amide bonds. The Kier molecular flexibility index (Phi) is 5.96. The van der Waals surface area contributed by atoms with Crippen molar-refractivity contribution in [2.45, 2.75) is 18.7 Å². The number of aromatic nitrogens is 6. The molecular weight excluding hydrogens is 492 g/mol. The zero-order valence-electron chi connectivity index (χ0n) is 20.6. The van der Waals surface area contributed by atoms with Crippen molar-refractivity contribution >= 4 is 38.8 Å². The third kappa shape index (κ3) is 5.05. The van der Waals surface area contributed by atoms with Crippen molar-refractivity contribution in [1.29, 1.82) is 0 Å². The number of hydrogen-bond acceptors (Lipinski definition) is 8. The van der Waals surface area contributed by atoms with Crippen molar-refractivity contribution in [2.75, 3.05) is 16.9 Å². The highest BCUT2D eigenvalue weighted by Gasteiger charge is 2.19. The maximum atomic E-state index is 12.1. The van der Waals surface area contributed by atoms with E-state index < -0.39 is 9.84 Å². The molecule has 5 rings (SSSR count). The van der Waals surface area contributed by atoms with Crippen LogP contribution in [0.4, 0.5) is 17.5 Å². The van der Waals surface area contributed by atoms with E-state index in [0.717, 1.165) is 11.1 Å². The van der Waals surface area contributed by atoms with Crippen LogP contribution >= 0.6 is 0 Å². The molecule has 37 heavy (non-hydrogen) atoms. The number of carbonyl (C=O) groups excluding carboxylic acids is 1. The molecule has 0 fully saturated rings. The van der Waals surface area contributed by atoms with E-state index in [1.54, 1.807) is 35.9 Å². The summed E-state index contributed by atoms with van der Waals surface area (Å²) in [6.07, 6.45) is 4.87. The third-order valence-electron chi connectivity index (χ3n) is 5.56. The van der Waals surface area contributed by atoms with Crippen LogP contribution in [0.3, 0.4) is 0 Å². The molecule has 11 nitrogen and oxygen atoms in total. The Bertz CT molecular complexity index is 1770. The first kappa shape index (κ1) is 24.1. The highest BCUT2D eigenvalue weighted by molar-refractivity contribution is 7.90. The third-order valence-corrected chi connectivity index (χ3v) is 6.67. The van der Waals surface area contributed by atoms with Crippen LogP contribution < -0.4 is 10.6 Å². The normalized spacial score (nSPS) is 11.6. The molecule has 0 spiro atoms. The molecule has 0 radical (unpaired) electrons. The SMILES string of the molecule is CC(=O)Nc1cc(-c2c(Nc3ccn(C)n3)nc3ccc(-c4cccc(S(C)(=O)=O)c4)cn23)nc(C)n1. The van der Waals surface area contributed by atoms with E-state index in [4.69, 9.17) is 4.98 Å². The molecule has 12 heteroatoms. The van der Waals surface area contributed by atoms with Gasteiger partial charge in [-0.3, -0.25) is 13.9 Å². The van der Waals surface area contributed by atoms with Gasteiger partial charge in [0.25, 0.3) is 0 Å². The van der Waals surface area contributed by atoms with Gasteiger partial charge in [-0.15, -0.1) is 0 Å². The number of carbonyl (C=O) groups is 1. The van der Waals surface area contributed by atoms with Gasteiger partial charge in [0, 0.05) is 44.8 Å². The lowest BCUT2D eigenvalue weighted by molar-refractivity contribution is -0.114. The van der Waals surface area contributed by atoms with E-state index >= 15 is 0 Å². The van der Waals surface area contributed by atoms with Gasteiger partial charge in [-0.05, 0) is 42.3 Å². The van der Waals surface area contributed by atoms with E-state index in [2.05, 4.69) is 25.7 Å². The highest BCUT2D eigenvalue weighted by Crippen LogP contribution is 2.33. The Morgan fingerprint density at radius 3 is 2.49 bits per heavy atom. The minimum Gasteiger partial charge on any atom is -0.322 e. The second-order valence-electron chi connectivity index (χ2n) is 8.62. The number of amides is 1. The Labute approximate surface area is 213 Å². The molecule has 4 aromatic heterocycles. The number of nitrogens with zero attached hydrogens (tertiary/aromatic N) is 6. The molecule has 0 saturated heterocycles. The molecule has 188 valence electrons. The number of pyridine rings is 1. The molecule has 0 aliphatic carbocycles. The number of nitrogens with one attached hydrogen (secondary N) is 2. The van der Waals surface area contributed by atoms with Gasteiger partial charge in [-0.2, -0.15) is 5.10 Å². The standard InChI is InChI=1S/C25H24N8O3S/c1-15-26-20(13-22(27-15)28-16(2)34)24-25(29-21-10-11-32(3)31-21)30-23-9-8-18(14-33(23)24)17-6-5-7-19(12-17)37(4,35)36/h5-14H,1-4H3,(H,29,31)(H,26,27,28,34). The number of fused-ring (bicyclic) bond motifs is 1. The van der Waals surface area contributed by atoms with Crippen LogP contribution in [0.5, 0.6) is 0 Å². The minimum atomic E-state index is -3.36. The second-order valence-corrected chi connectivity index (χ2v) is 10.6. The number of benzene rings is 1. The van der Waals surface area contributed by atoms with Crippen LogP contribution in [0.2, 0.25) is 0 Å².